The van der Waals surface area contributed by atoms with E-state index < -0.39 is 26.1 Å². The number of rotatable bonds is 11. The normalized spacial score (nSPS) is 22.0. The highest BCUT2D eigenvalue weighted by molar-refractivity contribution is 7.19. The van der Waals surface area contributed by atoms with Crippen LogP contribution in [0, 0.1) is 17.6 Å². The highest BCUT2D eigenvalue weighted by atomic mass is 35.5. The van der Waals surface area contributed by atoms with E-state index in [1.807, 2.05) is 6.07 Å². The molecular formula is C33H42ClF2N3O4SSi. The molecule has 45 heavy (non-hydrogen) atoms. The van der Waals surface area contributed by atoms with Gasteiger partial charge in [-0.25, -0.2) is 18.7 Å². The molecule has 0 radical (unpaired) electrons. The van der Waals surface area contributed by atoms with E-state index in [0.29, 0.717) is 85.6 Å². The van der Waals surface area contributed by atoms with Gasteiger partial charge in [-0.05, 0) is 65.2 Å². The van der Waals surface area contributed by atoms with Gasteiger partial charge in [-0.2, -0.15) is 0 Å². The highest BCUT2D eigenvalue weighted by Gasteiger charge is 2.49. The van der Waals surface area contributed by atoms with E-state index >= 15 is 0 Å². The number of hydrogen-bond donors (Lipinski definition) is 2. The average molecular weight is 678 g/mol. The Hall–Kier alpha value is -2.28. The summed E-state index contributed by atoms with van der Waals surface area (Å²) < 4.78 is 41.6. The lowest BCUT2D eigenvalue weighted by atomic mass is 9.94. The topological polar surface area (TPSA) is 93.6 Å². The van der Waals surface area contributed by atoms with Crippen molar-refractivity contribution in [2.75, 3.05) is 18.5 Å². The number of hydrogen-bond acceptors (Lipinski definition) is 8. The second kappa shape index (κ2) is 13.8. The Kier molecular flexibility index (Phi) is 10.5. The Bertz CT molecular complexity index is 1520. The van der Waals surface area contributed by atoms with E-state index in [4.69, 9.17) is 25.7 Å². The van der Waals surface area contributed by atoms with Crippen LogP contribution in [0.4, 0.5) is 14.6 Å². The molecule has 244 valence electrons. The number of aliphatic hydroxyl groups excluding tert-OH is 1. The third-order valence-corrected chi connectivity index (χ3v) is 17.1. The summed E-state index contributed by atoms with van der Waals surface area (Å²) in [5.41, 5.74) is 3.43. The van der Waals surface area contributed by atoms with Crippen molar-refractivity contribution in [1.29, 1.82) is 0 Å². The first-order valence-electron chi connectivity index (χ1n) is 15.7. The van der Waals surface area contributed by atoms with Crippen LogP contribution in [0.2, 0.25) is 21.0 Å². The van der Waals surface area contributed by atoms with Crippen molar-refractivity contribution in [3.05, 3.63) is 62.6 Å². The number of aromatic nitrogens is 2. The molecule has 0 unspecified atom stereocenters. The Morgan fingerprint density at radius 2 is 1.80 bits per heavy atom. The second-order valence-electron chi connectivity index (χ2n) is 13.2. The molecule has 1 fully saturated rings. The van der Waals surface area contributed by atoms with Gasteiger partial charge in [0.05, 0.1) is 27.5 Å². The van der Waals surface area contributed by atoms with E-state index in [2.05, 4.69) is 51.8 Å². The van der Waals surface area contributed by atoms with Crippen molar-refractivity contribution >= 4 is 43.4 Å². The molecule has 1 aliphatic carbocycles. The molecule has 0 bridgehead atoms. The molecule has 1 saturated carbocycles. The number of nitrogens with zero attached hydrogens (tertiary/aromatic N) is 2. The molecule has 0 amide bonds. The molecule has 2 aliphatic rings. The first-order valence-corrected chi connectivity index (χ1v) is 19.0. The van der Waals surface area contributed by atoms with E-state index in [9.17, 15) is 18.7 Å². The van der Waals surface area contributed by atoms with Crippen LogP contribution in [0.3, 0.4) is 0 Å². The Morgan fingerprint density at radius 3 is 2.44 bits per heavy atom. The van der Waals surface area contributed by atoms with Crippen LogP contribution < -0.4 is 5.32 Å². The lowest BCUT2D eigenvalue weighted by Crippen LogP contribution is -2.51. The Labute approximate surface area is 273 Å². The summed E-state index contributed by atoms with van der Waals surface area (Å²) in [6, 6.07) is 4.14. The van der Waals surface area contributed by atoms with Crippen LogP contribution in [-0.4, -0.2) is 55.0 Å². The number of nitrogens with one attached hydrogen (secondary N) is 1. The van der Waals surface area contributed by atoms with Crippen molar-refractivity contribution in [3.63, 3.8) is 0 Å². The van der Waals surface area contributed by atoms with Crippen molar-refractivity contribution in [3.8, 4) is 10.7 Å². The molecule has 7 nitrogen and oxygen atoms in total. The summed E-state index contributed by atoms with van der Waals surface area (Å²) in [5, 5.41) is 13.8. The van der Waals surface area contributed by atoms with Gasteiger partial charge in [0, 0.05) is 30.3 Å². The summed E-state index contributed by atoms with van der Waals surface area (Å²) in [7, 11) is -2.17. The quantitative estimate of drug-likeness (QED) is 0.156. The van der Waals surface area contributed by atoms with Crippen molar-refractivity contribution in [2.45, 2.75) is 95.7 Å². The minimum absolute atomic E-state index is 0.0244. The molecule has 0 saturated heterocycles. The fraction of sp³-hybridized carbons (Fsp3) is 0.545. The van der Waals surface area contributed by atoms with Crippen molar-refractivity contribution in [1.82, 2.24) is 9.97 Å². The zero-order valence-corrected chi connectivity index (χ0v) is 29.1. The smallest absolute Gasteiger partial charge is 0.200 e. The zero-order chi connectivity index (χ0) is 32.6. The number of benzene rings is 1. The number of halogens is 3. The maximum Gasteiger partial charge on any atom is 0.200 e. The summed E-state index contributed by atoms with van der Waals surface area (Å²) >= 11 is 7.93. The third kappa shape index (κ3) is 6.62. The van der Waals surface area contributed by atoms with E-state index in [-0.39, 0.29) is 24.7 Å². The summed E-state index contributed by atoms with van der Waals surface area (Å²) in [4.78, 5) is 21.8. The standard InChI is InChI=1S/C33H42ClF2N3O4SSi/c1-17(2)45(18(3)4,19(5)6)43-28-11-23(9-21(28)15-40)38-32-22(16-41)14-37-33(39-32)29-13-25(31(34)44-29)30-24-12-27(36)26(35)10-20(24)7-8-42-30/h10,12-14,16-19,21,23,28,30,40H,7-9,11,15H2,1-6H3,(H,37,38,39)/t21-,23-,28+,30-/m1/s1. The molecular weight excluding hydrogens is 636 g/mol. The number of thiophene rings is 1. The fourth-order valence-electron chi connectivity index (χ4n) is 7.49. The van der Waals surface area contributed by atoms with E-state index in [0.717, 1.165) is 6.29 Å². The molecule has 1 aliphatic heterocycles. The van der Waals surface area contributed by atoms with Gasteiger partial charge in [0.1, 0.15) is 11.9 Å². The highest BCUT2D eigenvalue weighted by Crippen LogP contribution is 2.46. The van der Waals surface area contributed by atoms with Crippen molar-refractivity contribution in [2.24, 2.45) is 5.92 Å². The van der Waals surface area contributed by atoms with E-state index in [1.54, 1.807) is 0 Å². The zero-order valence-electron chi connectivity index (χ0n) is 26.6. The molecule has 5 rings (SSSR count). The van der Waals surface area contributed by atoms with Crippen LogP contribution in [-0.2, 0) is 15.6 Å². The second-order valence-corrected chi connectivity index (χ2v) is 20.2. The predicted octanol–water partition coefficient (Wildman–Crippen LogP) is 8.35. The predicted molar refractivity (Wildman–Crippen MR) is 177 cm³/mol. The Balaban J connectivity index is 1.40. The molecule has 2 aromatic heterocycles. The molecule has 2 N–H and O–H groups in total. The number of ether oxygens (including phenoxy) is 1. The number of aldehydes is 1. The van der Waals surface area contributed by atoms with Crippen LogP contribution >= 0.6 is 22.9 Å². The van der Waals surface area contributed by atoms with Gasteiger partial charge in [0.25, 0.3) is 0 Å². The minimum Gasteiger partial charge on any atom is -0.413 e. The summed E-state index contributed by atoms with van der Waals surface area (Å²) in [6.07, 6.45) is 3.30. The molecule has 3 aromatic rings. The fourth-order valence-corrected chi connectivity index (χ4v) is 14.4. The number of fused-ring (bicyclic) bond motifs is 1. The van der Waals surface area contributed by atoms with Gasteiger partial charge in [-0.15, -0.1) is 11.3 Å². The van der Waals surface area contributed by atoms with E-state index in [1.165, 1.54) is 29.7 Å². The lowest BCUT2D eigenvalue weighted by molar-refractivity contribution is 0.0697. The third-order valence-electron chi connectivity index (χ3n) is 9.55. The number of anilines is 1. The number of aliphatic hydroxyl groups is 1. The van der Waals surface area contributed by atoms with Gasteiger partial charge < -0.3 is 19.6 Å². The van der Waals surface area contributed by atoms with Crippen LogP contribution in [0.1, 0.15) is 87.5 Å². The molecule has 3 heterocycles. The molecule has 12 heteroatoms. The van der Waals surface area contributed by atoms with Gasteiger partial charge in [0.15, 0.2) is 23.7 Å². The molecule has 4 atom stereocenters. The van der Waals surface area contributed by atoms with Gasteiger partial charge in [0.2, 0.25) is 8.32 Å². The maximum atomic E-state index is 14.2. The lowest BCUT2D eigenvalue weighted by Gasteiger charge is -2.45. The monoisotopic (exact) mass is 677 g/mol. The van der Waals surface area contributed by atoms with Gasteiger partial charge in [-0.1, -0.05) is 53.1 Å². The average Bonchev–Trinajstić information content (AvgIpc) is 3.57. The van der Waals surface area contributed by atoms with Crippen LogP contribution in [0.15, 0.2) is 24.4 Å². The summed E-state index contributed by atoms with van der Waals surface area (Å²) in [5.74, 6) is -1.07. The Morgan fingerprint density at radius 1 is 1.11 bits per heavy atom. The maximum absolute atomic E-state index is 14.2. The number of carbonyl (C=O) groups is 1. The minimum atomic E-state index is -2.17. The van der Waals surface area contributed by atoms with Gasteiger partial charge in [-0.3, -0.25) is 4.79 Å². The first kappa shape index (κ1) is 34.1. The SMILES string of the molecule is CC(C)[Si](O[C@H]1C[C@H](Nc2nc(-c3cc([C@@H]4OCCc5cc(F)c(F)cc54)c(Cl)s3)ncc2C=O)C[C@@H]1CO)(C(C)C)C(C)C. The molecule has 1 aromatic carbocycles. The largest absolute Gasteiger partial charge is 0.413 e. The number of carbonyl (C=O) groups excluding carboxylic acids is 1. The van der Waals surface area contributed by atoms with Crippen molar-refractivity contribution < 1.29 is 27.8 Å². The molecule has 0 spiro atoms. The summed E-state index contributed by atoms with van der Waals surface area (Å²) in [6.45, 7) is 13.9. The first-order chi connectivity index (χ1) is 21.4. The van der Waals surface area contributed by atoms with Gasteiger partial charge >= 0.3 is 0 Å². The van der Waals surface area contributed by atoms with Crippen LogP contribution in [0.25, 0.3) is 10.7 Å². The van der Waals surface area contributed by atoms with Crippen LogP contribution in [0.5, 0.6) is 0 Å².